The lowest BCUT2D eigenvalue weighted by Gasteiger charge is -2.18. The van der Waals surface area contributed by atoms with E-state index in [2.05, 4.69) is 0 Å². The van der Waals surface area contributed by atoms with Crippen LogP contribution in [0.15, 0.2) is 18.2 Å². The van der Waals surface area contributed by atoms with E-state index in [0.29, 0.717) is 18.8 Å². The highest BCUT2D eigenvalue weighted by molar-refractivity contribution is 5.34. The van der Waals surface area contributed by atoms with E-state index >= 15 is 0 Å². The van der Waals surface area contributed by atoms with Gasteiger partial charge in [0.25, 0.3) is 0 Å². The van der Waals surface area contributed by atoms with Gasteiger partial charge in [-0.05, 0) is 19.9 Å². The molecule has 0 aliphatic carbocycles. The van der Waals surface area contributed by atoms with Gasteiger partial charge in [-0.2, -0.15) is 0 Å². The first kappa shape index (κ1) is 14.9. The van der Waals surface area contributed by atoms with Crippen molar-refractivity contribution in [2.75, 3.05) is 19.8 Å². The molecule has 18 heavy (non-hydrogen) atoms. The molecule has 0 spiro atoms. The molecule has 0 unspecified atom stereocenters. The summed E-state index contributed by atoms with van der Waals surface area (Å²) in [5.41, 5.74) is 0.404. The first-order chi connectivity index (χ1) is 8.72. The van der Waals surface area contributed by atoms with E-state index in [-0.39, 0.29) is 19.0 Å². The van der Waals surface area contributed by atoms with E-state index in [1.165, 1.54) is 12.1 Å². The summed E-state index contributed by atoms with van der Waals surface area (Å²) in [7, 11) is 0. The van der Waals surface area contributed by atoms with E-state index in [1.54, 1.807) is 6.07 Å². The molecule has 0 saturated carbocycles. The molecule has 1 rings (SSSR count). The number of ether oxygens (including phenoxy) is 3. The van der Waals surface area contributed by atoms with Gasteiger partial charge in [-0.3, -0.25) is 0 Å². The SMILES string of the molecule is CCOC(COc1c(F)cccc1CO)OCC. The number of benzene rings is 1. The quantitative estimate of drug-likeness (QED) is 0.725. The molecule has 5 heteroatoms. The molecular formula is C13H19FO4. The Kier molecular flexibility index (Phi) is 6.64. The van der Waals surface area contributed by atoms with Crippen LogP contribution >= 0.6 is 0 Å². The van der Waals surface area contributed by atoms with Crippen LogP contribution in [0.2, 0.25) is 0 Å². The molecule has 1 N–H and O–H groups in total. The zero-order chi connectivity index (χ0) is 13.4. The third-order valence-corrected chi connectivity index (χ3v) is 2.29. The molecule has 0 fully saturated rings. The summed E-state index contributed by atoms with van der Waals surface area (Å²) in [4.78, 5) is 0. The third kappa shape index (κ3) is 4.25. The van der Waals surface area contributed by atoms with Crippen LogP contribution in [0.5, 0.6) is 5.75 Å². The molecule has 0 heterocycles. The normalized spacial score (nSPS) is 10.9. The van der Waals surface area contributed by atoms with Gasteiger partial charge in [0.1, 0.15) is 6.61 Å². The number of para-hydroxylation sites is 1. The smallest absolute Gasteiger partial charge is 0.191 e. The van der Waals surface area contributed by atoms with Gasteiger partial charge in [0, 0.05) is 18.8 Å². The molecular weight excluding hydrogens is 239 g/mol. The Bertz CT molecular complexity index is 351. The second-order valence-corrected chi connectivity index (χ2v) is 3.54. The Labute approximate surface area is 106 Å². The van der Waals surface area contributed by atoms with Crippen LogP contribution < -0.4 is 4.74 Å². The number of aliphatic hydroxyl groups is 1. The maximum atomic E-state index is 13.5. The molecule has 4 nitrogen and oxygen atoms in total. The molecule has 0 radical (unpaired) electrons. The van der Waals surface area contributed by atoms with Crippen LogP contribution in [0.1, 0.15) is 19.4 Å². The van der Waals surface area contributed by atoms with Crippen molar-refractivity contribution in [2.24, 2.45) is 0 Å². The Hall–Kier alpha value is -1.17. The minimum absolute atomic E-state index is 0.0457. The van der Waals surface area contributed by atoms with Gasteiger partial charge in [0.05, 0.1) is 6.61 Å². The average molecular weight is 258 g/mol. The largest absolute Gasteiger partial charge is 0.485 e. The highest BCUT2D eigenvalue weighted by Crippen LogP contribution is 2.23. The second-order valence-electron chi connectivity index (χ2n) is 3.54. The van der Waals surface area contributed by atoms with Crippen LogP contribution in [0.4, 0.5) is 4.39 Å². The summed E-state index contributed by atoms with van der Waals surface area (Å²) in [6.45, 7) is 4.45. The number of rotatable bonds is 8. The predicted molar refractivity (Wildman–Crippen MR) is 64.9 cm³/mol. The zero-order valence-corrected chi connectivity index (χ0v) is 10.7. The molecule has 0 saturated heterocycles. The van der Waals surface area contributed by atoms with Crippen molar-refractivity contribution in [1.29, 1.82) is 0 Å². The lowest BCUT2D eigenvalue weighted by Crippen LogP contribution is -2.25. The number of hydrogen-bond donors (Lipinski definition) is 1. The van der Waals surface area contributed by atoms with E-state index in [1.807, 2.05) is 13.8 Å². The van der Waals surface area contributed by atoms with Gasteiger partial charge in [-0.1, -0.05) is 12.1 Å². The predicted octanol–water partition coefficient (Wildman–Crippen LogP) is 2.10. The topological polar surface area (TPSA) is 47.9 Å². The zero-order valence-electron chi connectivity index (χ0n) is 10.7. The van der Waals surface area contributed by atoms with E-state index in [9.17, 15) is 4.39 Å². The Morgan fingerprint density at radius 2 is 1.89 bits per heavy atom. The molecule has 0 bridgehead atoms. The summed E-state index contributed by atoms with van der Waals surface area (Å²) in [6.07, 6.45) is -0.536. The lowest BCUT2D eigenvalue weighted by molar-refractivity contribution is -0.152. The Morgan fingerprint density at radius 1 is 1.22 bits per heavy atom. The molecule has 1 aromatic carbocycles. The van der Waals surface area contributed by atoms with Crippen LogP contribution in [0, 0.1) is 5.82 Å². The first-order valence-corrected chi connectivity index (χ1v) is 5.97. The van der Waals surface area contributed by atoms with Gasteiger partial charge < -0.3 is 19.3 Å². The summed E-state index contributed by atoms with van der Waals surface area (Å²) >= 11 is 0. The van der Waals surface area contributed by atoms with Crippen LogP contribution in [0.3, 0.4) is 0 Å². The fourth-order valence-electron chi connectivity index (χ4n) is 1.51. The summed E-state index contributed by atoms with van der Waals surface area (Å²) in [5, 5.41) is 9.11. The highest BCUT2D eigenvalue weighted by Gasteiger charge is 2.13. The standard InChI is InChI=1S/C13H19FO4/c1-3-16-12(17-4-2)9-18-13-10(8-15)6-5-7-11(13)14/h5-7,12,15H,3-4,8-9H2,1-2H3. The summed E-state index contributed by atoms with van der Waals surface area (Å²) < 4.78 is 29.5. The van der Waals surface area contributed by atoms with Crippen molar-refractivity contribution in [1.82, 2.24) is 0 Å². The van der Waals surface area contributed by atoms with Crippen molar-refractivity contribution in [3.05, 3.63) is 29.6 Å². The van der Waals surface area contributed by atoms with E-state index < -0.39 is 12.1 Å². The first-order valence-electron chi connectivity index (χ1n) is 5.97. The van der Waals surface area contributed by atoms with Gasteiger partial charge in [-0.15, -0.1) is 0 Å². The molecule has 0 aliphatic heterocycles. The highest BCUT2D eigenvalue weighted by atomic mass is 19.1. The molecule has 102 valence electrons. The number of hydrogen-bond acceptors (Lipinski definition) is 4. The maximum absolute atomic E-state index is 13.5. The summed E-state index contributed by atoms with van der Waals surface area (Å²) in [5.74, 6) is -0.460. The van der Waals surface area contributed by atoms with Crippen molar-refractivity contribution in [3.63, 3.8) is 0 Å². The fraction of sp³-hybridized carbons (Fsp3) is 0.538. The monoisotopic (exact) mass is 258 g/mol. The maximum Gasteiger partial charge on any atom is 0.191 e. The van der Waals surface area contributed by atoms with E-state index in [0.717, 1.165) is 0 Å². The van der Waals surface area contributed by atoms with Crippen LogP contribution in [-0.4, -0.2) is 31.2 Å². The Morgan fingerprint density at radius 3 is 2.44 bits per heavy atom. The number of halogens is 1. The van der Waals surface area contributed by atoms with Crippen molar-refractivity contribution in [2.45, 2.75) is 26.7 Å². The van der Waals surface area contributed by atoms with Crippen molar-refractivity contribution >= 4 is 0 Å². The van der Waals surface area contributed by atoms with Crippen LogP contribution in [0.25, 0.3) is 0 Å². The molecule has 0 amide bonds. The van der Waals surface area contributed by atoms with Gasteiger partial charge >= 0.3 is 0 Å². The summed E-state index contributed by atoms with van der Waals surface area (Å²) in [6, 6.07) is 4.41. The van der Waals surface area contributed by atoms with Gasteiger partial charge in [-0.25, -0.2) is 4.39 Å². The lowest BCUT2D eigenvalue weighted by atomic mass is 10.2. The van der Waals surface area contributed by atoms with Crippen LogP contribution in [-0.2, 0) is 16.1 Å². The minimum Gasteiger partial charge on any atom is -0.485 e. The number of aliphatic hydroxyl groups excluding tert-OH is 1. The minimum atomic E-state index is -0.536. The molecule has 0 aromatic heterocycles. The molecule has 0 aliphatic rings. The fourth-order valence-corrected chi connectivity index (χ4v) is 1.51. The van der Waals surface area contributed by atoms with Gasteiger partial charge in [0.2, 0.25) is 0 Å². The third-order valence-electron chi connectivity index (χ3n) is 2.29. The molecule has 0 atom stereocenters. The average Bonchev–Trinajstić information content (AvgIpc) is 2.37. The van der Waals surface area contributed by atoms with Crippen molar-refractivity contribution in [3.8, 4) is 5.75 Å². The van der Waals surface area contributed by atoms with Gasteiger partial charge in [0.15, 0.2) is 17.9 Å². The Balaban J connectivity index is 2.66. The van der Waals surface area contributed by atoms with Crippen molar-refractivity contribution < 1.29 is 23.7 Å². The second kappa shape index (κ2) is 8.02. The molecule has 1 aromatic rings. The van der Waals surface area contributed by atoms with E-state index in [4.69, 9.17) is 19.3 Å².